The summed E-state index contributed by atoms with van der Waals surface area (Å²) in [5.74, 6) is -0.408. The summed E-state index contributed by atoms with van der Waals surface area (Å²) in [6.45, 7) is -0.353. The van der Waals surface area contributed by atoms with Crippen LogP contribution in [0.4, 0.5) is 5.69 Å². The van der Waals surface area contributed by atoms with Gasteiger partial charge in [-0.05, 0) is 36.4 Å². The SMILES string of the molecule is COc1ccc(C(=O)COC(=O)c2cccc(N(C)C)c2)cc1Cl. The molecule has 2 aromatic rings. The molecule has 2 rings (SSSR count). The minimum absolute atomic E-state index is 0.327. The Bertz CT molecular complexity index is 758. The summed E-state index contributed by atoms with van der Waals surface area (Å²) < 4.78 is 10.1. The van der Waals surface area contributed by atoms with Gasteiger partial charge in [-0.1, -0.05) is 17.7 Å². The van der Waals surface area contributed by atoms with Gasteiger partial charge in [-0.2, -0.15) is 0 Å². The van der Waals surface area contributed by atoms with Crippen molar-refractivity contribution in [2.45, 2.75) is 0 Å². The molecule has 2 aromatic carbocycles. The van der Waals surface area contributed by atoms with E-state index < -0.39 is 5.97 Å². The van der Waals surface area contributed by atoms with E-state index in [9.17, 15) is 9.59 Å². The zero-order chi connectivity index (χ0) is 17.7. The molecule has 0 fully saturated rings. The zero-order valence-electron chi connectivity index (χ0n) is 13.7. The third kappa shape index (κ3) is 4.26. The summed E-state index contributed by atoms with van der Waals surface area (Å²) in [5, 5.41) is 0.327. The average Bonchev–Trinajstić information content (AvgIpc) is 2.59. The first-order valence-corrected chi connectivity index (χ1v) is 7.61. The number of carbonyl (C=O) groups is 2. The Kier molecular flexibility index (Phi) is 5.82. The Morgan fingerprint density at radius 3 is 2.46 bits per heavy atom. The average molecular weight is 348 g/mol. The summed E-state index contributed by atoms with van der Waals surface area (Å²) in [4.78, 5) is 26.1. The van der Waals surface area contributed by atoms with E-state index in [1.165, 1.54) is 13.2 Å². The number of ketones is 1. The number of hydrogen-bond acceptors (Lipinski definition) is 5. The molecule has 0 saturated heterocycles. The molecule has 0 aromatic heterocycles. The molecule has 5 nitrogen and oxygen atoms in total. The number of Topliss-reactive ketones (excluding diaryl/α,β-unsaturated/α-hetero) is 1. The molecule has 0 atom stereocenters. The molecule has 0 radical (unpaired) electrons. The lowest BCUT2D eigenvalue weighted by Gasteiger charge is -2.13. The minimum Gasteiger partial charge on any atom is -0.495 e. The Balaban J connectivity index is 2.02. The van der Waals surface area contributed by atoms with Crippen molar-refractivity contribution >= 4 is 29.0 Å². The number of halogens is 1. The van der Waals surface area contributed by atoms with Gasteiger partial charge >= 0.3 is 5.97 Å². The molecule has 0 aliphatic rings. The predicted octanol–water partition coefficient (Wildman–Crippen LogP) is 3.45. The lowest BCUT2D eigenvalue weighted by molar-refractivity contribution is 0.0475. The lowest BCUT2D eigenvalue weighted by atomic mass is 10.1. The van der Waals surface area contributed by atoms with Gasteiger partial charge < -0.3 is 14.4 Å². The number of ether oxygens (including phenoxy) is 2. The molecule has 0 bridgehead atoms. The fourth-order valence-electron chi connectivity index (χ4n) is 2.05. The molecule has 24 heavy (non-hydrogen) atoms. The van der Waals surface area contributed by atoms with Gasteiger partial charge in [-0.15, -0.1) is 0 Å². The van der Waals surface area contributed by atoms with Crippen molar-refractivity contribution in [1.82, 2.24) is 0 Å². The number of nitrogens with zero attached hydrogens (tertiary/aromatic N) is 1. The van der Waals surface area contributed by atoms with Crippen LogP contribution < -0.4 is 9.64 Å². The van der Waals surface area contributed by atoms with Crippen molar-refractivity contribution in [3.8, 4) is 5.75 Å². The third-order valence-electron chi connectivity index (χ3n) is 3.41. The molecule has 0 aliphatic heterocycles. The highest BCUT2D eigenvalue weighted by atomic mass is 35.5. The molecule has 0 saturated carbocycles. The number of anilines is 1. The Labute approximate surface area is 145 Å². The third-order valence-corrected chi connectivity index (χ3v) is 3.70. The second-order valence-corrected chi connectivity index (χ2v) is 5.70. The van der Waals surface area contributed by atoms with Crippen LogP contribution in [0.2, 0.25) is 5.02 Å². The van der Waals surface area contributed by atoms with Crippen molar-refractivity contribution in [1.29, 1.82) is 0 Å². The first kappa shape index (κ1) is 17.8. The molecular weight excluding hydrogens is 330 g/mol. The summed E-state index contributed by atoms with van der Waals surface area (Å²) >= 11 is 5.99. The molecule has 0 aliphatic carbocycles. The summed E-state index contributed by atoms with van der Waals surface area (Å²) in [7, 11) is 5.25. The maximum Gasteiger partial charge on any atom is 0.338 e. The Hall–Kier alpha value is -2.53. The molecule has 0 unspecified atom stereocenters. The number of methoxy groups -OCH3 is 1. The molecular formula is C18H18ClNO4. The van der Waals surface area contributed by atoms with E-state index >= 15 is 0 Å². The van der Waals surface area contributed by atoms with Gasteiger partial charge in [-0.3, -0.25) is 4.79 Å². The molecule has 0 amide bonds. The second kappa shape index (κ2) is 7.84. The Morgan fingerprint density at radius 2 is 1.83 bits per heavy atom. The normalized spacial score (nSPS) is 10.2. The number of benzene rings is 2. The highest BCUT2D eigenvalue weighted by molar-refractivity contribution is 6.32. The van der Waals surface area contributed by atoms with Gasteiger partial charge in [0.25, 0.3) is 0 Å². The topological polar surface area (TPSA) is 55.8 Å². The fourth-order valence-corrected chi connectivity index (χ4v) is 2.31. The van der Waals surface area contributed by atoms with Crippen molar-refractivity contribution in [2.75, 3.05) is 32.7 Å². The van der Waals surface area contributed by atoms with E-state index in [2.05, 4.69) is 0 Å². The summed E-state index contributed by atoms with van der Waals surface area (Å²) in [5.41, 5.74) is 1.62. The first-order valence-electron chi connectivity index (χ1n) is 7.23. The van der Waals surface area contributed by atoms with Gasteiger partial charge in [-0.25, -0.2) is 4.79 Å². The van der Waals surface area contributed by atoms with Crippen LogP contribution in [0.25, 0.3) is 0 Å². The molecule has 0 spiro atoms. The largest absolute Gasteiger partial charge is 0.495 e. The monoisotopic (exact) mass is 347 g/mol. The second-order valence-electron chi connectivity index (χ2n) is 5.29. The zero-order valence-corrected chi connectivity index (χ0v) is 14.5. The van der Waals surface area contributed by atoms with Crippen LogP contribution in [0.5, 0.6) is 5.75 Å². The fraction of sp³-hybridized carbons (Fsp3) is 0.222. The van der Waals surface area contributed by atoms with Gasteiger partial charge in [0.05, 0.1) is 17.7 Å². The number of hydrogen-bond donors (Lipinski definition) is 0. The number of rotatable bonds is 6. The number of esters is 1. The lowest BCUT2D eigenvalue weighted by Crippen LogP contribution is -2.15. The van der Waals surface area contributed by atoms with Crippen LogP contribution in [0.3, 0.4) is 0 Å². The van der Waals surface area contributed by atoms with Crippen LogP contribution >= 0.6 is 11.6 Å². The van der Waals surface area contributed by atoms with Crippen LogP contribution in [-0.4, -0.2) is 39.6 Å². The van der Waals surface area contributed by atoms with E-state index in [1.54, 1.807) is 30.3 Å². The van der Waals surface area contributed by atoms with Gasteiger partial charge in [0, 0.05) is 25.3 Å². The van der Waals surface area contributed by atoms with Gasteiger partial charge in [0.2, 0.25) is 0 Å². The Morgan fingerprint density at radius 1 is 1.08 bits per heavy atom. The molecule has 6 heteroatoms. The molecule has 126 valence electrons. The smallest absolute Gasteiger partial charge is 0.338 e. The van der Waals surface area contributed by atoms with E-state index in [4.69, 9.17) is 21.1 Å². The minimum atomic E-state index is -0.549. The predicted molar refractivity (Wildman–Crippen MR) is 93.4 cm³/mol. The molecule has 0 N–H and O–H groups in total. The number of carbonyl (C=O) groups excluding carboxylic acids is 2. The van der Waals surface area contributed by atoms with E-state index in [0.29, 0.717) is 21.9 Å². The van der Waals surface area contributed by atoms with E-state index in [1.807, 2.05) is 25.1 Å². The van der Waals surface area contributed by atoms with Crippen molar-refractivity contribution in [3.05, 3.63) is 58.6 Å². The summed E-state index contributed by atoms with van der Waals surface area (Å²) in [6.07, 6.45) is 0. The quantitative estimate of drug-likeness (QED) is 0.591. The van der Waals surface area contributed by atoms with Crippen LogP contribution in [-0.2, 0) is 4.74 Å². The standard InChI is InChI=1S/C18H18ClNO4/c1-20(2)14-6-4-5-13(9-14)18(22)24-11-16(21)12-7-8-17(23-3)15(19)10-12/h4-10H,11H2,1-3H3. The molecule has 0 heterocycles. The van der Waals surface area contributed by atoms with E-state index in [0.717, 1.165) is 5.69 Å². The van der Waals surface area contributed by atoms with Crippen molar-refractivity contribution < 1.29 is 19.1 Å². The van der Waals surface area contributed by atoms with Crippen LogP contribution in [0, 0.1) is 0 Å². The van der Waals surface area contributed by atoms with Gasteiger partial charge in [0.15, 0.2) is 12.4 Å². The maximum atomic E-state index is 12.1. The summed E-state index contributed by atoms with van der Waals surface area (Å²) in [6, 6.07) is 11.6. The van der Waals surface area contributed by atoms with E-state index in [-0.39, 0.29) is 12.4 Å². The van der Waals surface area contributed by atoms with Crippen LogP contribution in [0.15, 0.2) is 42.5 Å². The highest BCUT2D eigenvalue weighted by Crippen LogP contribution is 2.25. The van der Waals surface area contributed by atoms with Crippen LogP contribution in [0.1, 0.15) is 20.7 Å². The van der Waals surface area contributed by atoms with Crippen molar-refractivity contribution in [2.24, 2.45) is 0 Å². The van der Waals surface area contributed by atoms with Gasteiger partial charge in [0.1, 0.15) is 5.75 Å². The first-order chi connectivity index (χ1) is 11.4. The maximum absolute atomic E-state index is 12.1. The van der Waals surface area contributed by atoms with Crippen molar-refractivity contribution in [3.63, 3.8) is 0 Å². The highest BCUT2D eigenvalue weighted by Gasteiger charge is 2.14.